The van der Waals surface area contributed by atoms with Gasteiger partial charge in [-0.3, -0.25) is 4.98 Å². The lowest BCUT2D eigenvalue weighted by atomic mass is 10.1. The van der Waals surface area contributed by atoms with E-state index in [2.05, 4.69) is 59.3 Å². The standard InChI is InChI=1S/C23H26N4S/c1-16-12-17(2)14-20(13-16)26-8-10-27(11-9-26)23(28)25-22-15-19-6-4-5-7-21(19)24-18(22)3/h4-7,12-15H,8-11H2,1-3H3,(H,25,28). The fraction of sp³-hybridized carbons (Fsp3) is 0.304. The van der Waals surface area contributed by atoms with Gasteiger partial charge in [-0.05, 0) is 68.4 Å². The number of fused-ring (bicyclic) bond motifs is 1. The first-order chi connectivity index (χ1) is 13.5. The Morgan fingerprint density at radius 1 is 0.929 bits per heavy atom. The number of aryl methyl sites for hydroxylation is 3. The number of nitrogens with zero attached hydrogens (tertiary/aromatic N) is 3. The molecule has 5 heteroatoms. The minimum Gasteiger partial charge on any atom is -0.368 e. The smallest absolute Gasteiger partial charge is 0.173 e. The van der Waals surface area contributed by atoms with Gasteiger partial charge in [-0.25, -0.2) is 0 Å². The van der Waals surface area contributed by atoms with E-state index in [0.29, 0.717) is 0 Å². The molecule has 0 spiro atoms. The van der Waals surface area contributed by atoms with Gasteiger partial charge in [0.2, 0.25) is 0 Å². The number of hydrogen-bond acceptors (Lipinski definition) is 3. The Morgan fingerprint density at radius 3 is 2.32 bits per heavy atom. The number of piperazine rings is 1. The van der Waals surface area contributed by atoms with Gasteiger partial charge in [0.05, 0.1) is 16.9 Å². The van der Waals surface area contributed by atoms with E-state index in [9.17, 15) is 0 Å². The Morgan fingerprint density at radius 2 is 1.61 bits per heavy atom. The number of pyridine rings is 1. The van der Waals surface area contributed by atoms with Gasteiger partial charge in [-0.15, -0.1) is 0 Å². The zero-order valence-corrected chi connectivity index (χ0v) is 17.5. The molecule has 1 aromatic heterocycles. The molecule has 144 valence electrons. The lowest BCUT2D eigenvalue weighted by Gasteiger charge is -2.37. The summed E-state index contributed by atoms with van der Waals surface area (Å²) in [5.41, 5.74) is 6.90. The molecule has 3 aromatic rings. The van der Waals surface area contributed by atoms with Crippen LogP contribution in [0.2, 0.25) is 0 Å². The molecule has 1 fully saturated rings. The topological polar surface area (TPSA) is 31.4 Å². The zero-order valence-electron chi connectivity index (χ0n) is 16.7. The van der Waals surface area contributed by atoms with E-state index in [4.69, 9.17) is 17.2 Å². The maximum Gasteiger partial charge on any atom is 0.173 e. The van der Waals surface area contributed by atoms with E-state index < -0.39 is 0 Å². The summed E-state index contributed by atoms with van der Waals surface area (Å²) in [5.74, 6) is 0. The summed E-state index contributed by atoms with van der Waals surface area (Å²) >= 11 is 5.70. The second-order valence-corrected chi connectivity index (χ2v) is 7.95. The quantitative estimate of drug-likeness (QED) is 0.642. The van der Waals surface area contributed by atoms with Crippen LogP contribution >= 0.6 is 12.2 Å². The highest BCUT2D eigenvalue weighted by atomic mass is 32.1. The molecule has 2 heterocycles. The highest BCUT2D eigenvalue weighted by molar-refractivity contribution is 7.80. The van der Waals surface area contributed by atoms with E-state index in [1.165, 1.54) is 16.8 Å². The van der Waals surface area contributed by atoms with Gasteiger partial charge in [0.25, 0.3) is 0 Å². The number of anilines is 2. The molecule has 0 saturated carbocycles. The molecule has 1 aliphatic rings. The van der Waals surface area contributed by atoms with Crippen LogP contribution in [0.1, 0.15) is 16.8 Å². The molecule has 1 N–H and O–H groups in total. The van der Waals surface area contributed by atoms with Gasteiger partial charge in [-0.2, -0.15) is 0 Å². The van der Waals surface area contributed by atoms with Gasteiger partial charge < -0.3 is 15.1 Å². The third kappa shape index (κ3) is 3.94. The highest BCUT2D eigenvalue weighted by Gasteiger charge is 2.20. The third-order valence-electron chi connectivity index (χ3n) is 5.29. The van der Waals surface area contributed by atoms with Gasteiger partial charge in [-0.1, -0.05) is 24.3 Å². The summed E-state index contributed by atoms with van der Waals surface area (Å²) in [6, 6.07) is 17.1. The van der Waals surface area contributed by atoms with Crippen molar-refractivity contribution >= 4 is 39.6 Å². The molecular formula is C23H26N4S. The second kappa shape index (κ2) is 7.76. The normalized spacial score (nSPS) is 14.4. The van der Waals surface area contributed by atoms with Crippen molar-refractivity contribution in [2.24, 2.45) is 0 Å². The van der Waals surface area contributed by atoms with Crippen LogP contribution in [0.15, 0.2) is 48.5 Å². The van der Waals surface area contributed by atoms with Gasteiger partial charge in [0.1, 0.15) is 0 Å². The van der Waals surface area contributed by atoms with Crippen LogP contribution < -0.4 is 10.2 Å². The molecule has 0 unspecified atom stereocenters. The minimum atomic E-state index is 0.778. The van der Waals surface area contributed by atoms with Crippen LogP contribution in [0.25, 0.3) is 10.9 Å². The molecule has 28 heavy (non-hydrogen) atoms. The second-order valence-electron chi connectivity index (χ2n) is 7.56. The summed E-state index contributed by atoms with van der Waals surface area (Å²) in [7, 11) is 0. The average molecular weight is 391 g/mol. The number of nitrogens with one attached hydrogen (secondary N) is 1. The van der Waals surface area contributed by atoms with Crippen LogP contribution in [0, 0.1) is 20.8 Å². The zero-order chi connectivity index (χ0) is 19.7. The fourth-order valence-corrected chi connectivity index (χ4v) is 4.13. The summed E-state index contributed by atoms with van der Waals surface area (Å²) in [4.78, 5) is 9.39. The van der Waals surface area contributed by atoms with E-state index >= 15 is 0 Å². The van der Waals surface area contributed by atoms with E-state index in [1.54, 1.807) is 0 Å². The van der Waals surface area contributed by atoms with Gasteiger partial charge in [0.15, 0.2) is 5.11 Å². The van der Waals surface area contributed by atoms with Crippen LogP contribution in [0.5, 0.6) is 0 Å². The monoisotopic (exact) mass is 390 g/mol. The fourth-order valence-electron chi connectivity index (χ4n) is 3.83. The van der Waals surface area contributed by atoms with Crippen molar-refractivity contribution in [1.29, 1.82) is 0 Å². The summed E-state index contributed by atoms with van der Waals surface area (Å²) < 4.78 is 0. The van der Waals surface area contributed by atoms with Crippen molar-refractivity contribution in [3.05, 3.63) is 65.4 Å². The molecule has 0 atom stereocenters. The number of aromatic nitrogens is 1. The number of benzene rings is 2. The number of hydrogen-bond donors (Lipinski definition) is 1. The minimum absolute atomic E-state index is 0.778. The Hall–Kier alpha value is -2.66. The molecule has 0 bridgehead atoms. The maximum absolute atomic E-state index is 5.70. The SMILES string of the molecule is Cc1cc(C)cc(N2CCN(C(=S)Nc3cc4ccccc4nc3C)CC2)c1. The van der Waals surface area contributed by atoms with Crippen LogP contribution in [0.4, 0.5) is 11.4 Å². The molecule has 1 saturated heterocycles. The van der Waals surface area contributed by atoms with E-state index in [0.717, 1.165) is 53.6 Å². The first-order valence-electron chi connectivity index (χ1n) is 9.75. The predicted molar refractivity (Wildman–Crippen MR) is 122 cm³/mol. The predicted octanol–water partition coefficient (Wildman–Crippen LogP) is 4.68. The average Bonchev–Trinajstić information content (AvgIpc) is 2.68. The molecule has 0 aliphatic carbocycles. The summed E-state index contributed by atoms with van der Waals surface area (Å²) in [6.45, 7) is 10.1. The first kappa shape index (κ1) is 18.7. The maximum atomic E-state index is 5.70. The molecule has 2 aromatic carbocycles. The third-order valence-corrected chi connectivity index (χ3v) is 5.65. The molecule has 0 radical (unpaired) electrons. The van der Waals surface area contributed by atoms with Crippen molar-refractivity contribution in [2.75, 3.05) is 36.4 Å². The van der Waals surface area contributed by atoms with Crippen LogP contribution in [0.3, 0.4) is 0 Å². The van der Waals surface area contributed by atoms with Crippen molar-refractivity contribution in [1.82, 2.24) is 9.88 Å². The molecule has 1 aliphatic heterocycles. The molecule has 4 rings (SSSR count). The Balaban J connectivity index is 1.42. The number of para-hydroxylation sites is 1. The van der Waals surface area contributed by atoms with Crippen LogP contribution in [-0.2, 0) is 0 Å². The van der Waals surface area contributed by atoms with Gasteiger partial charge >= 0.3 is 0 Å². The number of thiocarbonyl (C=S) groups is 1. The van der Waals surface area contributed by atoms with Crippen molar-refractivity contribution in [2.45, 2.75) is 20.8 Å². The molecule has 0 amide bonds. The Labute approximate surface area is 172 Å². The summed E-state index contributed by atoms with van der Waals surface area (Å²) in [6.07, 6.45) is 0. The van der Waals surface area contributed by atoms with Crippen molar-refractivity contribution < 1.29 is 0 Å². The number of rotatable bonds is 2. The molecule has 4 nitrogen and oxygen atoms in total. The van der Waals surface area contributed by atoms with E-state index in [1.807, 2.05) is 25.1 Å². The Bertz CT molecular complexity index is 1000. The van der Waals surface area contributed by atoms with E-state index in [-0.39, 0.29) is 0 Å². The Kier molecular flexibility index (Phi) is 5.18. The van der Waals surface area contributed by atoms with Crippen LogP contribution in [-0.4, -0.2) is 41.2 Å². The van der Waals surface area contributed by atoms with Crippen molar-refractivity contribution in [3.63, 3.8) is 0 Å². The van der Waals surface area contributed by atoms with Gasteiger partial charge in [0, 0.05) is 37.3 Å². The lowest BCUT2D eigenvalue weighted by Crippen LogP contribution is -2.50. The molecular weight excluding hydrogens is 364 g/mol. The first-order valence-corrected chi connectivity index (χ1v) is 10.2. The highest BCUT2D eigenvalue weighted by Crippen LogP contribution is 2.23. The summed E-state index contributed by atoms with van der Waals surface area (Å²) in [5, 5.41) is 5.32. The van der Waals surface area contributed by atoms with Crippen molar-refractivity contribution in [3.8, 4) is 0 Å². The largest absolute Gasteiger partial charge is 0.368 e. The lowest BCUT2D eigenvalue weighted by molar-refractivity contribution is 0.391.